The molecule has 6 rings (SSSR count). The maximum atomic E-state index is 15.4. The first kappa shape index (κ1) is 27.8. The number of halogens is 1. The molecule has 1 N–H and O–H groups in total. The van der Waals surface area contributed by atoms with Crippen LogP contribution in [0.5, 0.6) is 17.2 Å². The van der Waals surface area contributed by atoms with Crippen LogP contribution in [0, 0.1) is 17.7 Å². The molecule has 2 aliphatic heterocycles. The van der Waals surface area contributed by atoms with E-state index in [-0.39, 0.29) is 22.6 Å². The molecule has 3 unspecified atom stereocenters. The topological polar surface area (TPSA) is 76.1 Å². The number of phenols is 1. The van der Waals surface area contributed by atoms with Gasteiger partial charge in [0.2, 0.25) is 0 Å². The third-order valence-electron chi connectivity index (χ3n) is 8.60. The van der Waals surface area contributed by atoms with Crippen LogP contribution in [0.2, 0.25) is 0 Å². The van der Waals surface area contributed by atoms with Gasteiger partial charge in [0.05, 0.1) is 23.3 Å². The summed E-state index contributed by atoms with van der Waals surface area (Å²) < 4.78 is 54.1. The molecule has 41 heavy (non-hydrogen) atoms. The Balaban J connectivity index is 1.40. The van der Waals surface area contributed by atoms with E-state index < -0.39 is 27.5 Å². The maximum absolute atomic E-state index is 15.4. The average Bonchev–Trinajstić information content (AvgIpc) is 3.72. The van der Waals surface area contributed by atoms with Crippen molar-refractivity contribution in [1.29, 1.82) is 0 Å². The fraction of sp³-hybridized carbons (Fsp3) is 0.394. The number of fused-ring (bicyclic) bond motifs is 1. The van der Waals surface area contributed by atoms with E-state index in [4.69, 9.17) is 9.47 Å². The molecule has 2 heterocycles. The minimum atomic E-state index is -3.50. The molecule has 2 fully saturated rings. The highest BCUT2D eigenvalue weighted by Gasteiger charge is 2.40. The Bertz CT molecular complexity index is 1600. The SMILES string of the molecule is COc1cccc(C2=C(C3CC3)c3c(ccc(O)c3F)OC2c2ccc(S(=O)(=O)CC(C)N3CCC(C)C3)cc2)c1. The number of nitrogens with zero attached hydrogens (tertiary/aromatic N) is 1. The Morgan fingerprint density at radius 3 is 2.49 bits per heavy atom. The van der Waals surface area contributed by atoms with Gasteiger partial charge in [0.15, 0.2) is 21.4 Å². The largest absolute Gasteiger partial charge is 0.505 e. The van der Waals surface area contributed by atoms with Crippen LogP contribution in [0.4, 0.5) is 4.39 Å². The molecule has 3 aromatic rings. The van der Waals surface area contributed by atoms with Crippen molar-refractivity contribution in [3.8, 4) is 17.2 Å². The lowest BCUT2D eigenvalue weighted by Crippen LogP contribution is -2.36. The molecule has 6 nitrogen and oxygen atoms in total. The molecule has 0 spiro atoms. The van der Waals surface area contributed by atoms with Gasteiger partial charge in [-0.25, -0.2) is 12.8 Å². The van der Waals surface area contributed by atoms with Crippen LogP contribution in [0.25, 0.3) is 11.1 Å². The van der Waals surface area contributed by atoms with Gasteiger partial charge in [0.25, 0.3) is 0 Å². The van der Waals surface area contributed by atoms with Crippen molar-refractivity contribution in [2.24, 2.45) is 11.8 Å². The van der Waals surface area contributed by atoms with Gasteiger partial charge in [-0.2, -0.15) is 0 Å². The Morgan fingerprint density at radius 2 is 1.83 bits per heavy atom. The number of allylic oxidation sites excluding steroid dienone is 1. The summed E-state index contributed by atoms with van der Waals surface area (Å²) in [4.78, 5) is 2.53. The molecule has 0 bridgehead atoms. The molecule has 1 saturated heterocycles. The third-order valence-corrected chi connectivity index (χ3v) is 10.5. The Kier molecular flexibility index (Phi) is 7.32. The van der Waals surface area contributed by atoms with Crippen LogP contribution in [0.15, 0.2) is 65.6 Å². The van der Waals surface area contributed by atoms with E-state index in [2.05, 4.69) is 11.8 Å². The van der Waals surface area contributed by atoms with Gasteiger partial charge in [0, 0.05) is 18.2 Å². The number of hydrogen-bond donors (Lipinski definition) is 1. The van der Waals surface area contributed by atoms with E-state index in [9.17, 15) is 13.5 Å². The maximum Gasteiger partial charge on any atom is 0.179 e. The Morgan fingerprint density at radius 1 is 1.07 bits per heavy atom. The quantitative estimate of drug-likeness (QED) is 0.330. The van der Waals surface area contributed by atoms with E-state index in [1.54, 1.807) is 37.4 Å². The van der Waals surface area contributed by atoms with E-state index in [0.717, 1.165) is 54.6 Å². The van der Waals surface area contributed by atoms with Gasteiger partial charge in [-0.1, -0.05) is 31.2 Å². The molecule has 0 amide bonds. The molecule has 0 aromatic heterocycles. The predicted molar refractivity (Wildman–Crippen MR) is 157 cm³/mol. The highest BCUT2D eigenvalue weighted by Crippen LogP contribution is 2.56. The average molecular weight is 578 g/mol. The second-order valence-electron chi connectivity index (χ2n) is 11.7. The van der Waals surface area contributed by atoms with E-state index in [1.165, 1.54) is 6.07 Å². The van der Waals surface area contributed by atoms with Gasteiger partial charge in [-0.15, -0.1) is 0 Å². The van der Waals surface area contributed by atoms with Crippen molar-refractivity contribution >= 4 is 21.0 Å². The molecule has 216 valence electrons. The summed E-state index contributed by atoms with van der Waals surface area (Å²) in [6.07, 6.45) is 2.32. The highest BCUT2D eigenvalue weighted by atomic mass is 32.2. The number of methoxy groups -OCH3 is 1. The number of hydrogen-bond acceptors (Lipinski definition) is 6. The zero-order chi connectivity index (χ0) is 28.9. The van der Waals surface area contributed by atoms with Crippen molar-refractivity contribution in [2.45, 2.75) is 50.2 Å². The normalized spacial score (nSPS) is 21.9. The van der Waals surface area contributed by atoms with Gasteiger partial charge in [-0.3, -0.25) is 4.90 Å². The molecule has 0 radical (unpaired) electrons. The minimum absolute atomic E-state index is 0.0576. The summed E-state index contributed by atoms with van der Waals surface area (Å²) >= 11 is 0. The van der Waals surface area contributed by atoms with E-state index in [0.29, 0.717) is 23.0 Å². The second kappa shape index (κ2) is 10.8. The first-order chi connectivity index (χ1) is 19.7. The van der Waals surface area contributed by atoms with Crippen molar-refractivity contribution < 1.29 is 27.4 Å². The molecule has 8 heteroatoms. The monoisotopic (exact) mass is 577 g/mol. The fourth-order valence-corrected chi connectivity index (χ4v) is 7.81. The fourth-order valence-electron chi connectivity index (χ4n) is 6.23. The summed E-state index contributed by atoms with van der Waals surface area (Å²) in [5.41, 5.74) is 3.51. The number of aromatic hydroxyl groups is 1. The number of phenolic OH excluding ortho intramolecular Hbond substituents is 1. The van der Waals surface area contributed by atoms with Crippen molar-refractivity contribution in [2.75, 3.05) is 26.0 Å². The predicted octanol–water partition coefficient (Wildman–Crippen LogP) is 6.50. The summed E-state index contributed by atoms with van der Waals surface area (Å²) in [6.45, 7) is 6.04. The van der Waals surface area contributed by atoms with Crippen molar-refractivity contribution in [3.05, 3.63) is 83.2 Å². The lowest BCUT2D eigenvalue weighted by molar-refractivity contribution is 0.256. The van der Waals surface area contributed by atoms with Crippen LogP contribution in [0.1, 0.15) is 55.9 Å². The zero-order valence-electron chi connectivity index (χ0n) is 23.6. The highest BCUT2D eigenvalue weighted by molar-refractivity contribution is 7.91. The van der Waals surface area contributed by atoms with Crippen molar-refractivity contribution in [1.82, 2.24) is 4.90 Å². The van der Waals surface area contributed by atoms with Crippen LogP contribution < -0.4 is 9.47 Å². The van der Waals surface area contributed by atoms with Crippen LogP contribution in [-0.2, 0) is 9.84 Å². The Hall–Kier alpha value is -3.36. The van der Waals surface area contributed by atoms with Crippen LogP contribution in [-0.4, -0.2) is 50.4 Å². The lowest BCUT2D eigenvalue weighted by atomic mass is 9.83. The van der Waals surface area contributed by atoms with Crippen molar-refractivity contribution in [3.63, 3.8) is 0 Å². The number of likely N-dealkylation sites (tertiary alicyclic amines) is 1. The second-order valence-corrected chi connectivity index (χ2v) is 13.7. The standard InChI is InChI=1S/C33H36FNO5S/c1-20-15-16-35(18-20)21(2)19-41(37,38)26-11-9-23(10-12-26)33-30(24-5-4-6-25(17-24)39-3)29(22-7-8-22)31-28(40-33)14-13-27(36)32(31)34/h4-6,9-14,17,20-22,33,36H,7-8,15-16,18-19H2,1-3H3. The van der Waals surface area contributed by atoms with Crippen LogP contribution in [0.3, 0.4) is 0 Å². The van der Waals surface area contributed by atoms with Crippen LogP contribution >= 0.6 is 0 Å². The molecular formula is C33H36FNO5S. The van der Waals surface area contributed by atoms with Gasteiger partial charge < -0.3 is 14.6 Å². The number of benzene rings is 3. The lowest BCUT2D eigenvalue weighted by Gasteiger charge is -2.33. The first-order valence-corrected chi connectivity index (χ1v) is 15.9. The van der Waals surface area contributed by atoms with E-state index in [1.807, 2.05) is 31.2 Å². The summed E-state index contributed by atoms with van der Waals surface area (Å²) in [5.74, 6) is 0.707. The molecule has 3 aromatic carbocycles. The number of sulfone groups is 1. The number of rotatable bonds is 8. The van der Waals surface area contributed by atoms with Gasteiger partial charge in [-0.05, 0) is 97.7 Å². The summed E-state index contributed by atoms with van der Waals surface area (Å²) in [6, 6.07) is 17.3. The molecule has 3 aliphatic rings. The van der Waals surface area contributed by atoms with E-state index >= 15 is 4.39 Å². The van der Waals surface area contributed by atoms with Gasteiger partial charge in [0.1, 0.15) is 17.6 Å². The zero-order valence-corrected chi connectivity index (χ0v) is 24.5. The Labute approximate surface area is 241 Å². The minimum Gasteiger partial charge on any atom is -0.505 e. The first-order valence-electron chi connectivity index (χ1n) is 14.3. The third kappa shape index (κ3) is 5.35. The smallest absolute Gasteiger partial charge is 0.179 e. The summed E-state index contributed by atoms with van der Waals surface area (Å²) in [7, 11) is -1.90. The number of ether oxygens (including phenoxy) is 2. The molecule has 3 atom stereocenters. The molecular weight excluding hydrogens is 541 g/mol. The molecule has 1 aliphatic carbocycles. The van der Waals surface area contributed by atoms with Gasteiger partial charge >= 0.3 is 0 Å². The summed E-state index contributed by atoms with van der Waals surface area (Å²) in [5, 5.41) is 10.2. The molecule has 1 saturated carbocycles.